The fourth-order valence-electron chi connectivity index (χ4n) is 2.31. The molecule has 0 aliphatic heterocycles. The molecule has 0 unspecified atom stereocenters. The van der Waals surface area contributed by atoms with Crippen molar-refractivity contribution < 1.29 is 21.3 Å². The van der Waals surface area contributed by atoms with Crippen LogP contribution in [0.25, 0.3) is 0 Å². The van der Waals surface area contributed by atoms with E-state index in [1.165, 1.54) is 0 Å². The monoisotopic (exact) mass is 799 g/mol. The Hall–Kier alpha value is 2.92. The topological polar surface area (TPSA) is 80.8 Å². The highest BCUT2D eigenvalue weighted by molar-refractivity contribution is 9.43. The molecule has 0 amide bonds. The van der Waals surface area contributed by atoms with E-state index in [-0.39, 0.29) is 6.61 Å². The molecule has 0 N–H and O–H groups in total. The van der Waals surface area contributed by atoms with E-state index in [4.69, 9.17) is 4.43 Å². The fraction of sp³-hybridized carbons (Fsp3) is 1.00. The Bertz CT molecular complexity index is 585. The molecule has 0 heterocycles. The van der Waals surface area contributed by atoms with Crippen LogP contribution < -0.4 is 0 Å². The molecule has 0 aromatic rings. The van der Waals surface area contributed by atoms with Crippen LogP contribution >= 0.6 is 95.6 Å². The summed E-state index contributed by atoms with van der Waals surface area (Å²) in [6, 6.07) is 0.665. The molecule has 152 valence electrons. The van der Waals surface area contributed by atoms with Crippen LogP contribution in [0.3, 0.4) is 0 Å². The van der Waals surface area contributed by atoms with Crippen molar-refractivity contribution in [2.24, 2.45) is 0 Å². The summed E-state index contributed by atoms with van der Waals surface area (Å²) in [6.07, 6.45) is 1.15. The zero-order valence-corrected chi connectivity index (χ0v) is 25.8. The Balaban J connectivity index is 6.97. The molecule has 0 aliphatic rings. The number of nitrogens with zero attached hydrogens (tertiary/aromatic N) is 1. The molecule has 25 heavy (non-hydrogen) atoms. The summed E-state index contributed by atoms with van der Waals surface area (Å²) in [5, 5.41) is 0. The van der Waals surface area contributed by atoms with E-state index in [1.807, 2.05) is 13.8 Å². The van der Waals surface area contributed by atoms with Crippen LogP contribution in [0.15, 0.2) is 0 Å². The van der Waals surface area contributed by atoms with E-state index < -0.39 is 31.5 Å². The van der Waals surface area contributed by atoms with Gasteiger partial charge in [0.1, 0.15) is 0 Å². The summed E-state index contributed by atoms with van der Waals surface area (Å²) in [6.45, 7) is 5.65. The van der Waals surface area contributed by atoms with Gasteiger partial charge < -0.3 is 4.43 Å². The Morgan fingerprint density at radius 3 is 1.32 bits per heavy atom. The molecule has 15 heteroatoms. The maximum Gasteiger partial charge on any atom is 0.304 e. The first-order chi connectivity index (χ1) is 11.0. The number of rotatable bonds is 9. The largest absolute Gasteiger partial charge is 0.402 e. The summed E-state index contributed by atoms with van der Waals surface area (Å²) < 4.78 is 55.6. The summed E-state index contributed by atoms with van der Waals surface area (Å²) >= 11 is 17.8. The number of hydrogen-bond donors (Lipinski definition) is 0. The minimum absolute atomic E-state index is 0.202. The highest BCUT2D eigenvalue weighted by Crippen LogP contribution is 2.51. The minimum Gasteiger partial charge on any atom is -0.402 e. The molecule has 0 aliphatic carbocycles. The molecule has 0 aromatic heterocycles. The summed E-state index contributed by atoms with van der Waals surface area (Å²) in [5.74, 6) is 0. The molecular formula is C10H19Br6NO5S2Si. The first kappa shape index (κ1) is 27.9. The van der Waals surface area contributed by atoms with E-state index in [2.05, 4.69) is 95.6 Å². The van der Waals surface area contributed by atoms with Gasteiger partial charge in [-0.25, -0.2) is 16.8 Å². The van der Waals surface area contributed by atoms with Gasteiger partial charge in [-0.05, 0) is 115 Å². The zero-order chi connectivity index (χ0) is 20.3. The zero-order valence-electron chi connectivity index (χ0n) is 13.6. The van der Waals surface area contributed by atoms with Gasteiger partial charge in [0.15, 0.2) is 0 Å². The molecule has 0 aromatic carbocycles. The second-order valence-electron chi connectivity index (χ2n) is 4.98. The van der Waals surface area contributed by atoms with Crippen LogP contribution in [0.4, 0.5) is 0 Å². The third-order valence-electron chi connectivity index (χ3n) is 3.05. The Labute approximate surface area is 201 Å². The molecular weight excluding hydrogens is 786 g/mol. The van der Waals surface area contributed by atoms with Crippen molar-refractivity contribution in [2.75, 3.05) is 6.61 Å². The SMILES string of the molecule is CCC[Si](CCC)(OCC)N(S(=O)(=O)C(Br)(Br)Br)S(=O)(=O)C(Br)(Br)Br. The second-order valence-corrected chi connectivity index (χ2v) is 30.0. The average molecular weight is 805 g/mol. The standard InChI is InChI=1S/C10H19Br6NO5S2Si/c1-4-7-25(8-5-2,22-6-3)17(23(18,19)9(11,12)13)24(20,21)10(14,15)16/h4-8H2,1-3H3. The number of hydrogen-bond acceptors (Lipinski definition) is 5. The van der Waals surface area contributed by atoms with Gasteiger partial charge in [-0.2, -0.15) is 0 Å². The maximum absolute atomic E-state index is 13.2. The van der Waals surface area contributed by atoms with E-state index in [1.54, 1.807) is 6.92 Å². The van der Waals surface area contributed by atoms with Gasteiger partial charge in [-0.3, -0.25) is 0 Å². The van der Waals surface area contributed by atoms with E-state index >= 15 is 0 Å². The summed E-state index contributed by atoms with van der Waals surface area (Å²) in [7, 11) is -12.4. The highest BCUT2D eigenvalue weighted by Gasteiger charge is 2.62. The smallest absolute Gasteiger partial charge is 0.304 e. The summed E-state index contributed by atoms with van der Waals surface area (Å²) in [4.78, 5) is 0. The van der Waals surface area contributed by atoms with Gasteiger partial charge in [-0.1, -0.05) is 30.1 Å². The van der Waals surface area contributed by atoms with E-state index in [9.17, 15) is 16.8 Å². The van der Waals surface area contributed by atoms with Crippen molar-refractivity contribution in [3.8, 4) is 0 Å². The van der Waals surface area contributed by atoms with E-state index in [0.717, 1.165) is 0 Å². The Morgan fingerprint density at radius 2 is 1.12 bits per heavy atom. The molecule has 6 nitrogen and oxygen atoms in total. The van der Waals surface area contributed by atoms with Crippen molar-refractivity contribution in [1.29, 1.82) is 0 Å². The summed E-state index contributed by atoms with van der Waals surface area (Å²) in [5.41, 5.74) is 0. The lowest BCUT2D eigenvalue weighted by Gasteiger charge is -2.41. The molecule has 0 atom stereocenters. The lowest BCUT2D eigenvalue weighted by molar-refractivity contribution is 0.298. The average Bonchev–Trinajstić information content (AvgIpc) is 2.36. The van der Waals surface area contributed by atoms with Crippen LogP contribution in [0.2, 0.25) is 12.1 Å². The molecule has 0 saturated heterocycles. The van der Waals surface area contributed by atoms with Crippen LogP contribution in [0.1, 0.15) is 33.6 Å². The van der Waals surface area contributed by atoms with Crippen molar-refractivity contribution in [3.63, 3.8) is 0 Å². The molecule has 0 spiro atoms. The molecule has 0 bridgehead atoms. The van der Waals surface area contributed by atoms with Crippen LogP contribution in [0.5, 0.6) is 0 Å². The van der Waals surface area contributed by atoms with Gasteiger partial charge in [0.25, 0.3) is 20.0 Å². The van der Waals surface area contributed by atoms with Gasteiger partial charge in [0, 0.05) is 6.61 Å². The molecule has 0 fully saturated rings. The quantitative estimate of drug-likeness (QED) is 0.217. The number of sulfonamides is 2. The Morgan fingerprint density at radius 1 is 0.800 bits per heavy atom. The van der Waals surface area contributed by atoms with Crippen molar-refractivity contribution in [2.45, 2.75) is 48.7 Å². The van der Waals surface area contributed by atoms with E-state index in [0.29, 0.717) is 28.3 Å². The van der Waals surface area contributed by atoms with Gasteiger partial charge >= 0.3 is 8.48 Å². The Kier molecular flexibility index (Phi) is 11.5. The van der Waals surface area contributed by atoms with Gasteiger partial charge in [0.05, 0.1) is 0 Å². The molecule has 0 saturated carbocycles. The van der Waals surface area contributed by atoms with Crippen LogP contribution in [-0.4, -0.2) is 38.2 Å². The third-order valence-corrected chi connectivity index (χ3v) is 21.1. The van der Waals surface area contributed by atoms with Crippen molar-refractivity contribution >= 4 is 124 Å². The number of halogens is 6. The first-order valence-corrected chi connectivity index (χ1v) is 17.0. The van der Waals surface area contributed by atoms with Gasteiger partial charge in [0.2, 0.25) is 2.95 Å². The minimum atomic E-state index is -4.46. The maximum atomic E-state index is 13.2. The first-order valence-electron chi connectivity index (χ1n) is 7.12. The molecule has 0 radical (unpaired) electrons. The van der Waals surface area contributed by atoms with Gasteiger partial charge in [-0.15, -0.1) is 0 Å². The lowest BCUT2D eigenvalue weighted by Crippen LogP contribution is -2.64. The predicted octanol–water partition coefficient (Wildman–Crippen LogP) is 5.84. The predicted molar refractivity (Wildman–Crippen MR) is 126 cm³/mol. The lowest BCUT2D eigenvalue weighted by atomic mass is 10.6. The van der Waals surface area contributed by atoms with Crippen LogP contribution in [0, 0.1) is 0 Å². The van der Waals surface area contributed by atoms with Crippen molar-refractivity contribution in [3.05, 3.63) is 0 Å². The highest BCUT2D eigenvalue weighted by atomic mass is 80.0. The van der Waals surface area contributed by atoms with Crippen LogP contribution in [-0.2, 0) is 24.5 Å². The molecule has 0 rings (SSSR count). The normalized spacial score (nSPS) is 15.0. The fourth-order valence-corrected chi connectivity index (χ4v) is 20.0. The van der Waals surface area contributed by atoms with Crippen molar-refractivity contribution in [1.82, 2.24) is 3.38 Å². The third kappa shape index (κ3) is 6.45. The number of alkyl halides is 6. The second kappa shape index (κ2) is 10.3.